The molecule has 6 nitrogen and oxygen atoms in total. The molecule has 0 radical (unpaired) electrons. The van der Waals surface area contributed by atoms with E-state index in [0.29, 0.717) is 12.4 Å². The summed E-state index contributed by atoms with van der Waals surface area (Å²) in [6, 6.07) is 14.8. The lowest BCUT2D eigenvalue weighted by Gasteiger charge is -2.17. The highest BCUT2D eigenvalue weighted by Crippen LogP contribution is 2.14. The molecule has 3 aromatic rings. The summed E-state index contributed by atoms with van der Waals surface area (Å²) in [7, 11) is 0. The molecule has 0 aliphatic carbocycles. The van der Waals surface area contributed by atoms with E-state index < -0.39 is 6.04 Å². The van der Waals surface area contributed by atoms with Crippen LogP contribution in [0.1, 0.15) is 30.9 Å². The fourth-order valence-corrected chi connectivity index (χ4v) is 2.91. The topological polar surface area (TPSA) is 86.9 Å². The smallest absolute Gasteiger partial charge is 0.249 e. The van der Waals surface area contributed by atoms with Crippen molar-refractivity contribution in [3.05, 3.63) is 59.7 Å². The van der Waals surface area contributed by atoms with Gasteiger partial charge in [-0.05, 0) is 31.0 Å². The molecule has 140 valence electrons. The Bertz CT molecular complexity index is 898. The molecule has 0 saturated carbocycles. The van der Waals surface area contributed by atoms with Gasteiger partial charge >= 0.3 is 0 Å². The van der Waals surface area contributed by atoms with Gasteiger partial charge in [0.2, 0.25) is 17.8 Å². The zero-order chi connectivity index (χ0) is 19.2. The molecule has 3 rings (SSSR count). The van der Waals surface area contributed by atoms with Crippen LogP contribution in [-0.2, 0) is 16.0 Å². The molecule has 0 unspecified atom stereocenters. The van der Waals surface area contributed by atoms with Crippen molar-refractivity contribution in [3.63, 3.8) is 0 Å². The highest BCUT2D eigenvalue weighted by molar-refractivity contribution is 5.97. The van der Waals surface area contributed by atoms with Crippen LogP contribution in [0.3, 0.4) is 0 Å². The second-order valence-corrected chi connectivity index (χ2v) is 6.66. The Morgan fingerprint density at radius 2 is 1.85 bits per heavy atom. The molecule has 0 aliphatic rings. The molecular weight excluding hydrogens is 340 g/mol. The fourth-order valence-electron chi connectivity index (χ4n) is 2.91. The van der Waals surface area contributed by atoms with Crippen LogP contribution in [0, 0.1) is 6.92 Å². The number of anilines is 1. The summed E-state index contributed by atoms with van der Waals surface area (Å²) in [5, 5.41) is 5.61. The molecule has 0 bridgehead atoms. The molecule has 0 fully saturated rings. The Labute approximate surface area is 158 Å². The van der Waals surface area contributed by atoms with E-state index >= 15 is 0 Å². The van der Waals surface area contributed by atoms with Gasteiger partial charge in [-0.2, -0.15) is 0 Å². The lowest BCUT2D eigenvalue weighted by Crippen LogP contribution is -2.44. The first-order valence-corrected chi connectivity index (χ1v) is 9.15. The maximum absolute atomic E-state index is 12.6. The Hall–Kier alpha value is -3.15. The predicted molar refractivity (Wildman–Crippen MR) is 106 cm³/mol. The SMILES string of the molecule is CCC[C@@H](NC(=O)Cc1ccc(C)cc1)C(=O)Nc1nc2ccccc2[nH]1. The second kappa shape index (κ2) is 8.49. The third-order valence-corrected chi connectivity index (χ3v) is 4.35. The number of aryl methyl sites for hydroxylation is 1. The standard InChI is InChI=1S/C21H24N4O2/c1-3-6-18(22-19(26)13-15-11-9-14(2)10-12-15)20(27)25-21-23-16-7-4-5-8-17(16)24-21/h4-5,7-12,18H,3,6,13H2,1-2H3,(H,22,26)(H2,23,24,25,27)/t18-/m1/s1. The average Bonchev–Trinajstić information content (AvgIpc) is 3.05. The van der Waals surface area contributed by atoms with Gasteiger partial charge in [0.05, 0.1) is 17.5 Å². The van der Waals surface area contributed by atoms with Crippen LogP contribution in [0.2, 0.25) is 0 Å². The Morgan fingerprint density at radius 3 is 2.56 bits per heavy atom. The number of hydrogen-bond acceptors (Lipinski definition) is 3. The lowest BCUT2D eigenvalue weighted by atomic mass is 10.1. The zero-order valence-electron chi connectivity index (χ0n) is 15.6. The third-order valence-electron chi connectivity index (χ3n) is 4.35. The number of H-pyrrole nitrogens is 1. The van der Waals surface area contributed by atoms with Crippen LogP contribution in [0.25, 0.3) is 11.0 Å². The van der Waals surface area contributed by atoms with Gasteiger partial charge in [0.15, 0.2) is 0 Å². The van der Waals surface area contributed by atoms with Crippen LogP contribution in [0.4, 0.5) is 5.95 Å². The first-order chi connectivity index (χ1) is 13.0. The first kappa shape index (κ1) is 18.6. The minimum atomic E-state index is -0.596. The Kier molecular flexibility index (Phi) is 5.86. The van der Waals surface area contributed by atoms with Crippen LogP contribution in [0.5, 0.6) is 0 Å². The van der Waals surface area contributed by atoms with Crippen molar-refractivity contribution >= 4 is 28.8 Å². The number of nitrogens with zero attached hydrogens (tertiary/aromatic N) is 1. The number of benzene rings is 2. The van der Waals surface area contributed by atoms with Gasteiger partial charge in [0.1, 0.15) is 6.04 Å². The van der Waals surface area contributed by atoms with Crippen molar-refractivity contribution < 1.29 is 9.59 Å². The monoisotopic (exact) mass is 364 g/mol. The number of carbonyl (C=O) groups is 2. The normalized spacial score (nSPS) is 11.9. The number of para-hydroxylation sites is 2. The first-order valence-electron chi connectivity index (χ1n) is 9.15. The van der Waals surface area contributed by atoms with E-state index in [9.17, 15) is 9.59 Å². The van der Waals surface area contributed by atoms with Crippen LogP contribution in [0.15, 0.2) is 48.5 Å². The molecule has 0 spiro atoms. The Balaban J connectivity index is 1.63. The van der Waals surface area contributed by atoms with Gasteiger partial charge in [-0.15, -0.1) is 0 Å². The van der Waals surface area contributed by atoms with Crippen molar-refractivity contribution in [1.82, 2.24) is 15.3 Å². The van der Waals surface area contributed by atoms with Gasteiger partial charge in [-0.1, -0.05) is 55.3 Å². The van der Waals surface area contributed by atoms with E-state index in [1.807, 2.05) is 62.4 Å². The quantitative estimate of drug-likeness (QED) is 0.601. The number of carbonyl (C=O) groups excluding carboxylic acids is 2. The molecule has 27 heavy (non-hydrogen) atoms. The number of fused-ring (bicyclic) bond motifs is 1. The average molecular weight is 364 g/mol. The van der Waals surface area contributed by atoms with E-state index in [0.717, 1.165) is 28.6 Å². The van der Waals surface area contributed by atoms with Crippen molar-refractivity contribution in [1.29, 1.82) is 0 Å². The summed E-state index contributed by atoms with van der Waals surface area (Å²) >= 11 is 0. The van der Waals surface area contributed by atoms with E-state index in [1.165, 1.54) is 0 Å². The van der Waals surface area contributed by atoms with Crippen LogP contribution < -0.4 is 10.6 Å². The number of aromatic amines is 1. The minimum Gasteiger partial charge on any atom is -0.344 e. The van der Waals surface area contributed by atoms with Gasteiger partial charge in [0, 0.05) is 0 Å². The Morgan fingerprint density at radius 1 is 1.11 bits per heavy atom. The van der Waals surface area contributed by atoms with E-state index in [4.69, 9.17) is 0 Å². The summed E-state index contributed by atoms with van der Waals surface area (Å²) in [6.07, 6.45) is 1.59. The van der Waals surface area contributed by atoms with E-state index in [1.54, 1.807) is 0 Å². The third kappa shape index (κ3) is 4.94. The number of imidazole rings is 1. The summed E-state index contributed by atoms with van der Waals surface area (Å²) < 4.78 is 0. The zero-order valence-corrected chi connectivity index (χ0v) is 15.6. The van der Waals surface area contributed by atoms with Gasteiger partial charge < -0.3 is 10.3 Å². The van der Waals surface area contributed by atoms with Gasteiger partial charge in [-0.3, -0.25) is 14.9 Å². The summed E-state index contributed by atoms with van der Waals surface area (Å²) in [6.45, 7) is 3.98. The summed E-state index contributed by atoms with van der Waals surface area (Å²) in [5.74, 6) is -0.0553. The molecule has 1 aromatic heterocycles. The lowest BCUT2D eigenvalue weighted by molar-refractivity contribution is -0.126. The molecule has 1 atom stereocenters. The minimum absolute atomic E-state index is 0.169. The fraction of sp³-hybridized carbons (Fsp3) is 0.286. The molecule has 1 heterocycles. The predicted octanol–water partition coefficient (Wildman–Crippen LogP) is 3.34. The molecule has 3 N–H and O–H groups in total. The van der Waals surface area contributed by atoms with E-state index in [2.05, 4.69) is 20.6 Å². The number of amides is 2. The van der Waals surface area contributed by atoms with Gasteiger partial charge in [0.25, 0.3) is 0 Å². The largest absolute Gasteiger partial charge is 0.344 e. The van der Waals surface area contributed by atoms with Crippen molar-refractivity contribution in [2.24, 2.45) is 0 Å². The molecule has 2 amide bonds. The van der Waals surface area contributed by atoms with Crippen molar-refractivity contribution in [2.75, 3.05) is 5.32 Å². The number of aromatic nitrogens is 2. The highest BCUT2D eigenvalue weighted by Gasteiger charge is 2.21. The van der Waals surface area contributed by atoms with Crippen LogP contribution in [-0.4, -0.2) is 27.8 Å². The molecule has 0 saturated heterocycles. The van der Waals surface area contributed by atoms with Crippen LogP contribution >= 0.6 is 0 Å². The maximum atomic E-state index is 12.6. The number of nitrogens with one attached hydrogen (secondary N) is 3. The molecule has 6 heteroatoms. The molecular formula is C21H24N4O2. The molecule has 2 aromatic carbocycles. The van der Waals surface area contributed by atoms with Crippen molar-refractivity contribution in [2.45, 2.75) is 39.2 Å². The second-order valence-electron chi connectivity index (χ2n) is 6.66. The van der Waals surface area contributed by atoms with Crippen molar-refractivity contribution in [3.8, 4) is 0 Å². The summed E-state index contributed by atoms with van der Waals surface area (Å²) in [5.41, 5.74) is 3.70. The maximum Gasteiger partial charge on any atom is 0.249 e. The number of rotatable bonds is 7. The van der Waals surface area contributed by atoms with E-state index in [-0.39, 0.29) is 18.2 Å². The highest BCUT2D eigenvalue weighted by atomic mass is 16.2. The molecule has 0 aliphatic heterocycles. The van der Waals surface area contributed by atoms with Gasteiger partial charge in [-0.25, -0.2) is 4.98 Å². The summed E-state index contributed by atoms with van der Waals surface area (Å²) in [4.78, 5) is 32.4. The number of hydrogen-bond donors (Lipinski definition) is 3.